The van der Waals surface area contributed by atoms with Crippen molar-refractivity contribution in [2.45, 2.75) is 32.7 Å². The van der Waals surface area contributed by atoms with Crippen molar-refractivity contribution in [1.29, 1.82) is 0 Å². The van der Waals surface area contributed by atoms with Crippen LogP contribution in [-0.2, 0) is 20.0 Å². The molecule has 0 saturated heterocycles. The van der Waals surface area contributed by atoms with Crippen LogP contribution in [0, 0.1) is 6.92 Å². The van der Waals surface area contributed by atoms with E-state index in [9.17, 15) is 0 Å². The standard InChI is InChI=1S/C12H19BrN6/c1-9-12(13)11(18(2)16-9)8-19-7-10(15-17-19)5-3-4-6-14/h7H,3-6,8,14H2,1-2H3. The zero-order valence-electron chi connectivity index (χ0n) is 11.3. The fourth-order valence-electron chi connectivity index (χ4n) is 1.99. The maximum Gasteiger partial charge on any atom is 0.0857 e. The van der Waals surface area contributed by atoms with Gasteiger partial charge < -0.3 is 5.73 Å². The lowest BCUT2D eigenvalue weighted by molar-refractivity contribution is 0.597. The Kier molecular flexibility index (Phi) is 4.71. The predicted molar refractivity (Wildman–Crippen MR) is 76.8 cm³/mol. The second-order valence-corrected chi connectivity index (χ2v) is 5.42. The Morgan fingerprint density at radius 3 is 2.79 bits per heavy atom. The lowest BCUT2D eigenvalue weighted by atomic mass is 10.2. The number of aryl methyl sites for hydroxylation is 3. The van der Waals surface area contributed by atoms with Crippen LogP contribution in [0.25, 0.3) is 0 Å². The molecule has 2 heterocycles. The summed E-state index contributed by atoms with van der Waals surface area (Å²) in [5, 5.41) is 12.7. The number of rotatable bonds is 6. The summed E-state index contributed by atoms with van der Waals surface area (Å²) >= 11 is 3.56. The Morgan fingerprint density at radius 2 is 2.16 bits per heavy atom. The molecule has 0 spiro atoms. The van der Waals surface area contributed by atoms with Gasteiger partial charge in [0.1, 0.15) is 0 Å². The molecule has 0 unspecified atom stereocenters. The average Bonchev–Trinajstić information content (AvgIpc) is 2.91. The Bertz CT molecular complexity index is 544. The van der Waals surface area contributed by atoms with Gasteiger partial charge in [0.2, 0.25) is 0 Å². The van der Waals surface area contributed by atoms with Gasteiger partial charge in [-0.15, -0.1) is 5.10 Å². The van der Waals surface area contributed by atoms with Crippen molar-refractivity contribution in [3.8, 4) is 0 Å². The second-order valence-electron chi connectivity index (χ2n) is 4.62. The van der Waals surface area contributed by atoms with Crippen LogP contribution in [0.5, 0.6) is 0 Å². The van der Waals surface area contributed by atoms with Crippen LogP contribution in [0.4, 0.5) is 0 Å². The van der Waals surface area contributed by atoms with Crippen LogP contribution in [0.15, 0.2) is 10.7 Å². The van der Waals surface area contributed by atoms with E-state index in [1.807, 2.05) is 29.5 Å². The van der Waals surface area contributed by atoms with Gasteiger partial charge in [0.05, 0.1) is 28.1 Å². The molecule has 2 rings (SSSR count). The number of aromatic nitrogens is 5. The van der Waals surface area contributed by atoms with Crippen molar-refractivity contribution in [2.24, 2.45) is 12.8 Å². The Morgan fingerprint density at radius 1 is 1.37 bits per heavy atom. The first-order valence-electron chi connectivity index (χ1n) is 6.39. The van der Waals surface area contributed by atoms with E-state index in [0.717, 1.165) is 47.4 Å². The lowest BCUT2D eigenvalue weighted by Crippen LogP contribution is -2.06. The molecule has 2 aromatic rings. The fraction of sp³-hybridized carbons (Fsp3) is 0.583. The number of nitrogens with two attached hydrogens (primary N) is 1. The maximum atomic E-state index is 5.48. The number of hydrogen-bond acceptors (Lipinski definition) is 4. The number of hydrogen-bond donors (Lipinski definition) is 1. The van der Waals surface area contributed by atoms with Crippen LogP contribution in [0.3, 0.4) is 0 Å². The SMILES string of the molecule is Cc1nn(C)c(Cn2cc(CCCCN)nn2)c1Br. The third-order valence-electron chi connectivity index (χ3n) is 3.05. The topological polar surface area (TPSA) is 74.5 Å². The summed E-state index contributed by atoms with van der Waals surface area (Å²) in [6.45, 7) is 3.38. The van der Waals surface area contributed by atoms with Crippen LogP contribution < -0.4 is 5.73 Å². The Balaban J connectivity index is 2.03. The van der Waals surface area contributed by atoms with Crippen molar-refractivity contribution in [3.05, 3.63) is 27.8 Å². The summed E-state index contributed by atoms with van der Waals surface area (Å²) in [6, 6.07) is 0. The highest BCUT2D eigenvalue weighted by atomic mass is 79.9. The van der Waals surface area contributed by atoms with Crippen LogP contribution in [0.2, 0.25) is 0 Å². The molecule has 2 aromatic heterocycles. The summed E-state index contributed by atoms with van der Waals surface area (Å²) in [5.41, 5.74) is 8.58. The second kappa shape index (κ2) is 6.29. The third kappa shape index (κ3) is 3.42. The molecule has 0 amide bonds. The van der Waals surface area contributed by atoms with Crippen LogP contribution in [-0.4, -0.2) is 31.3 Å². The van der Waals surface area contributed by atoms with Gasteiger partial charge in [-0.2, -0.15) is 5.10 Å². The highest BCUT2D eigenvalue weighted by Gasteiger charge is 2.12. The molecule has 0 radical (unpaired) electrons. The third-order valence-corrected chi connectivity index (χ3v) is 4.08. The molecular formula is C12H19BrN6. The Hall–Kier alpha value is -1.21. The minimum absolute atomic E-state index is 0.668. The lowest BCUT2D eigenvalue weighted by Gasteiger charge is -2.02. The predicted octanol–water partition coefficient (Wildman–Crippen LogP) is 1.41. The monoisotopic (exact) mass is 326 g/mol. The van der Waals surface area contributed by atoms with Crippen LogP contribution >= 0.6 is 15.9 Å². The summed E-state index contributed by atoms with van der Waals surface area (Å²) in [5.74, 6) is 0. The van der Waals surface area contributed by atoms with E-state index in [1.54, 1.807) is 0 Å². The van der Waals surface area contributed by atoms with Crippen molar-refractivity contribution >= 4 is 15.9 Å². The molecule has 7 heteroatoms. The fourth-order valence-corrected chi connectivity index (χ4v) is 2.45. The molecule has 19 heavy (non-hydrogen) atoms. The van der Waals surface area contributed by atoms with E-state index in [1.165, 1.54) is 0 Å². The van der Waals surface area contributed by atoms with Gasteiger partial charge in [-0.1, -0.05) is 5.21 Å². The van der Waals surface area contributed by atoms with E-state index < -0.39 is 0 Å². The summed E-state index contributed by atoms with van der Waals surface area (Å²) in [4.78, 5) is 0. The van der Waals surface area contributed by atoms with Gasteiger partial charge >= 0.3 is 0 Å². The van der Waals surface area contributed by atoms with Crippen molar-refractivity contribution in [1.82, 2.24) is 24.8 Å². The summed E-state index contributed by atoms with van der Waals surface area (Å²) in [7, 11) is 1.94. The summed E-state index contributed by atoms with van der Waals surface area (Å²) in [6.07, 6.45) is 5.01. The van der Waals surface area contributed by atoms with Gasteiger partial charge in [-0.25, -0.2) is 4.68 Å². The van der Waals surface area contributed by atoms with Crippen molar-refractivity contribution in [2.75, 3.05) is 6.54 Å². The number of unbranched alkanes of at least 4 members (excludes halogenated alkanes) is 1. The highest BCUT2D eigenvalue weighted by molar-refractivity contribution is 9.10. The first-order chi connectivity index (χ1) is 9.11. The molecule has 2 N–H and O–H groups in total. The van der Waals surface area contributed by atoms with E-state index in [-0.39, 0.29) is 0 Å². The molecule has 0 aromatic carbocycles. The molecule has 0 bridgehead atoms. The molecule has 0 aliphatic rings. The summed E-state index contributed by atoms with van der Waals surface area (Å²) < 4.78 is 4.75. The average molecular weight is 327 g/mol. The quantitative estimate of drug-likeness (QED) is 0.814. The molecule has 0 atom stereocenters. The minimum Gasteiger partial charge on any atom is -0.330 e. The zero-order valence-corrected chi connectivity index (χ0v) is 12.9. The minimum atomic E-state index is 0.668. The first-order valence-corrected chi connectivity index (χ1v) is 7.18. The molecular weight excluding hydrogens is 308 g/mol. The molecule has 0 aliphatic carbocycles. The van der Waals surface area contributed by atoms with E-state index in [2.05, 4.69) is 31.3 Å². The smallest absolute Gasteiger partial charge is 0.0857 e. The maximum absolute atomic E-state index is 5.48. The van der Waals surface area contributed by atoms with Gasteiger partial charge in [-0.3, -0.25) is 4.68 Å². The van der Waals surface area contributed by atoms with E-state index >= 15 is 0 Å². The Labute approximate surface area is 121 Å². The van der Waals surface area contributed by atoms with Gasteiger partial charge in [0.25, 0.3) is 0 Å². The molecule has 104 valence electrons. The van der Waals surface area contributed by atoms with Crippen LogP contribution in [0.1, 0.15) is 29.9 Å². The molecule has 6 nitrogen and oxygen atoms in total. The number of halogens is 1. The van der Waals surface area contributed by atoms with E-state index in [4.69, 9.17) is 5.73 Å². The molecule has 0 saturated carbocycles. The van der Waals surface area contributed by atoms with E-state index in [0.29, 0.717) is 6.54 Å². The molecule has 0 fully saturated rings. The highest BCUT2D eigenvalue weighted by Crippen LogP contribution is 2.20. The van der Waals surface area contributed by atoms with Crippen molar-refractivity contribution < 1.29 is 0 Å². The van der Waals surface area contributed by atoms with Gasteiger partial charge in [-0.05, 0) is 48.7 Å². The normalized spacial score (nSPS) is 11.2. The molecule has 0 aliphatic heterocycles. The van der Waals surface area contributed by atoms with Gasteiger partial charge in [0.15, 0.2) is 0 Å². The first kappa shape index (κ1) is 14.2. The largest absolute Gasteiger partial charge is 0.330 e. The van der Waals surface area contributed by atoms with Crippen molar-refractivity contribution in [3.63, 3.8) is 0 Å². The zero-order chi connectivity index (χ0) is 13.8. The number of nitrogens with zero attached hydrogens (tertiary/aromatic N) is 5. The van der Waals surface area contributed by atoms with Gasteiger partial charge in [0, 0.05) is 13.2 Å².